The minimum atomic E-state index is -5.12. The SMILES string of the molecule is CC(=O)O[Si]1(OC(C)=O)O[Si](c2ccccc2)(c2ccccc2)O[Si](OC(C)=O)(OC(C)=O)O[Si](c2ccccc2)(c2ccccc2)O1. The topological polar surface area (TPSA) is 142 Å². The second-order valence-electron chi connectivity index (χ2n) is 10.5. The Hall–Kier alpha value is -4.53. The summed E-state index contributed by atoms with van der Waals surface area (Å²) < 4.78 is 51.2. The molecule has 48 heavy (non-hydrogen) atoms. The van der Waals surface area contributed by atoms with Crippen LogP contribution in [0.15, 0.2) is 121 Å². The van der Waals surface area contributed by atoms with Crippen molar-refractivity contribution in [1.29, 1.82) is 0 Å². The second-order valence-corrected chi connectivity index (χ2v) is 21.3. The zero-order chi connectivity index (χ0) is 34.4. The van der Waals surface area contributed by atoms with E-state index in [-0.39, 0.29) is 0 Å². The number of carbonyl (C=O) groups is 4. The molecule has 0 unspecified atom stereocenters. The van der Waals surface area contributed by atoms with Crippen molar-refractivity contribution in [2.75, 3.05) is 0 Å². The first kappa shape index (κ1) is 34.8. The number of carbonyl (C=O) groups excluding carboxylic acids is 4. The summed E-state index contributed by atoms with van der Waals surface area (Å²) in [5.41, 5.74) is 0. The Bertz CT molecular complexity index is 1500. The zero-order valence-electron chi connectivity index (χ0n) is 26.4. The van der Waals surface area contributed by atoms with E-state index in [9.17, 15) is 19.2 Å². The van der Waals surface area contributed by atoms with Crippen molar-refractivity contribution in [3.63, 3.8) is 0 Å². The lowest BCUT2D eigenvalue weighted by Gasteiger charge is -2.47. The first-order valence-electron chi connectivity index (χ1n) is 14.7. The molecule has 4 aromatic rings. The van der Waals surface area contributed by atoms with Gasteiger partial charge in [-0.05, 0) is 20.7 Å². The molecule has 0 amide bonds. The maximum absolute atomic E-state index is 13.0. The van der Waals surface area contributed by atoms with Crippen molar-refractivity contribution in [1.82, 2.24) is 0 Å². The van der Waals surface area contributed by atoms with Crippen LogP contribution in [0.4, 0.5) is 0 Å². The first-order valence-corrected chi connectivity index (χ1v) is 21.6. The van der Waals surface area contributed by atoms with Gasteiger partial charge in [0.1, 0.15) is 0 Å². The lowest BCUT2D eigenvalue weighted by Crippen LogP contribution is -2.83. The van der Waals surface area contributed by atoms with Crippen LogP contribution in [0.25, 0.3) is 0 Å². The van der Waals surface area contributed by atoms with Gasteiger partial charge in [-0.1, -0.05) is 121 Å². The smallest absolute Gasteiger partial charge is 0.443 e. The molecule has 4 aromatic carbocycles. The summed E-state index contributed by atoms with van der Waals surface area (Å²) in [5.74, 6) is -3.56. The summed E-state index contributed by atoms with van der Waals surface area (Å²) in [6, 6.07) is 34.0. The summed E-state index contributed by atoms with van der Waals surface area (Å²) in [4.78, 5) is 51.9. The van der Waals surface area contributed by atoms with E-state index in [1.54, 1.807) is 121 Å². The predicted molar refractivity (Wildman–Crippen MR) is 179 cm³/mol. The highest BCUT2D eigenvalue weighted by Gasteiger charge is 2.76. The quantitative estimate of drug-likeness (QED) is 0.245. The Balaban J connectivity index is 1.96. The van der Waals surface area contributed by atoms with E-state index in [1.165, 1.54) is 0 Å². The molecule has 0 N–H and O–H groups in total. The monoisotopic (exact) mass is 720 g/mol. The molecule has 1 fully saturated rings. The normalized spacial score (nSPS) is 17.4. The van der Waals surface area contributed by atoms with E-state index >= 15 is 0 Å². The van der Waals surface area contributed by atoms with Gasteiger partial charge in [-0.15, -0.1) is 0 Å². The van der Waals surface area contributed by atoms with Crippen molar-refractivity contribution in [2.24, 2.45) is 0 Å². The Morgan fingerprint density at radius 3 is 0.729 bits per heavy atom. The number of hydrogen-bond donors (Lipinski definition) is 0. The minimum Gasteiger partial charge on any atom is -0.443 e. The van der Waals surface area contributed by atoms with Crippen molar-refractivity contribution >= 4 is 79.8 Å². The molecule has 1 aliphatic rings. The Labute approximate surface area is 281 Å². The third-order valence-corrected chi connectivity index (χ3v) is 21.9. The fraction of sp³-hybridized carbons (Fsp3) is 0.125. The molecule has 1 saturated heterocycles. The fourth-order valence-electron chi connectivity index (χ4n) is 5.13. The molecule has 0 aliphatic carbocycles. The van der Waals surface area contributed by atoms with Crippen molar-refractivity contribution < 1.29 is 53.3 Å². The summed E-state index contributed by atoms with van der Waals surface area (Å²) >= 11 is 0. The van der Waals surface area contributed by atoms with E-state index in [1.807, 2.05) is 0 Å². The summed E-state index contributed by atoms with van der Waals surface area (Å²) in [6.07, 6.45) is 0. The standard InChI is InChI=1S/C32H32O12Si4/c1-25(33)37-47(38-26(2)34)41-45(29-17-9-5-10-18-29,30-19-11-6-12-20-30)43-48(39-27(3)35,40-28(4)36)44-46(42-47,31-21-13-7-14-22-31)32-23-15-8-16-24-32/h5-24H,1-4H3. The molecule has 0 saturated carbocycles. The highest BCUT2D eigenvalue weighted by molar-refractivity contribution is 7.06. The number of rotatable bonds is 8. The fourth-order valence-corrected chi connectivity index (χ4v) is 22.7. The van der Waals surface area contributed by atoms with Crippen LogP contribution in [0, 0.1) is 0 Å². The molecule has 0 aromatic heterocycles. The second kappa shape index (κ2) is 14.3. The average molecular weight is 721 g/mol. The van der Waals surface area contributed by atoms with E-state index in [2.05, 4.69) is 0 Å². The van der Waals surface area contributed by atoms with Gasteiger partial charge in [0.25, 0.3) is 23.9 Å². The van der Waals surface area contributed by atoms with Gasteiger partial charge in [-0.3, -0.25) is 19.2 Å². The average Bonchev–Trinajstić information content (AvgIpc) is 3.04. The van der Waals surface area contributed by atoms with Gasteiger partial charge in [0.2, 0.25) is 0 Å². The lowest BCUT2D eigenvalue weighted by atomic mass is 10.4. The molecule has 16 heteroatoms. The maximum Gasteiger partial charge on any atom is 0.807 e. The van der Waals surface area contributed by atoms with Gasteiger partial charge >= 0.3 is 35.2 Å². The van der Waals surface area contributed by atoms with E-state index in [0.29, 0.717) is 20.7 Å². The van der Waals surface area contributed by atoms with Crippen LogP contribution in [-0.2, 0) is 53.3 Å². The van der Waals surface area contributed by atoms with Gasteiger partial charge < -0.3 is 34.2 Å². The molecule has 1 aliphatic heterocycles. The lowest BCUT2D eigenvalue weighted by molar-refractivity contribution is -0.146. The van der Waals surface area contributed by atoms with E-state index in [0.717, 1.165) is 27.7 Å². The van der Waals surface area contributed by atoms with Crippen LogP contribution < -0.4 is 20.7 Å². The molecular formula is C32H32O12Si4. The summed E-state index contributed by atoms with van der Waals surface area (Å²) in [5, 5.41) is 1.46. The van der Waals surface area contributed by atoms with Gasteiger partial charge in [0.05, 0.1) is 0 Å². The van der Waals surface area contributed by atoms with Crippen LogP contribution in [0.5, 0.6) is 0 Å². The van der Waals surface area contributed by atoms with Gasteiger partial charge in [0, 0.05) is 27.7 Å². The van der Waals surface area contributed by atoms with Crippen LogP contribution in [0.3, 0.4) is 0 Å². The molecule has 0 spiro atoms. The number of hydrogen-bond acceptors (Lipinski definition) is 12. The predicted octanol–water partition coefficient (Wildman–Crippen LogP) is 1.70. The Morgan fingerprint density at radius 2 is 0.562 bits per heavy atom. The van der Waals surface area contributed by atoms with Crippen LogP contribution in [0.2, 0.25) is 0 Å². The van der Waals surface area contributed by atoms with Gasteiger partial charge in [-0.25, -0.2) is 0 Å². The minimum absolute atomic E-state index is 0.365. The molecule has 1 heterocycles. The van der Waals surface area contributed by atoms with Crippen molar-refractivity contribution in [3.05, 3.63) is 121 Å². The van der Waals surface area contributed by atoms with Crippen molar-refractivity contribution in [2.45, 2.75) is 27.7 Å². The highest BCUT2D eigenvalue weighted by atomic mass is 28.6. The third-order valence-electron chi connectivity index (χ3n) is 6.77. The van der Waals surface area contributed by atoms with E-state index in [4.69, 9.17) is 34.2 Å². The van der Waals surface area contributed by atoms with Gasteiger partial charge in [0.15, 0.2) is 0 Å². The summed E-state index contributed by atoms with van der Waals surface area (Å²) in [7, 11) is -19.3. The molecule has 12 nitrogen and oxygen atoms in total. The summed E-state index contributed by atoms with van der Waals surface area (Å²) in [6.45, 7) is 4.46. The Kier molecular flexibility index (Phi) is 10.4. The number of benzene rings is 4. The molecule has 0 atom stereocenters. The molecule has 5 rings (SSSR count). The first-order chi connectivity index (χ1) is 22.9. The third kappa shape index (κ3) is 7.45. The molecule has 248 valence electrons. The maximum atomic E-state index is 13.0. The zero-order valence-corrected chi connectivity index (χ0v) is 30.4. The largest absolute Gasteiger partial charge is 0.807 e. The Morgan fingerprint density at radius 1 is 0.375 bits per heavy atom. The molecule has 0 radical (unpaired) electrons. The van der Waals surface area contributed by atoms with Crippen LogP contribution in [-0.4, -0.2) is 59.1 Å². The molecule has 0 bridgehead atoms. The van der Waals surface area contributed by atoms with Crippen LogP contribution in [0.1, 0.15) is 27.7 Å². The van der Waals surface area contributed by atoms with Crippen LogP contribution >= 0.6 is 0 Å². The van der Waals surface area contributed by atoms with E-state index < -0.39 is 59.1 Å². The highest BCUT2D eigenvalue weighted by Crippen LogP contribution is 2.34. The van der Waals surface area contributed by atoms with Gasteiger partial charge in [-0.2, -0.15) is 0 Å². The van der Waals surface area contributed by atoms with Crippen molar-refractivity contribution in [3.8, 4) is 0 Å². The molecular weight excluding hydrogens is 689 g/mol.